The van der Waals surface area contributed by atoms with E-state index in [9.17, 15) is 0 Å². The van der Waals surface area contributed by atoms with Gasteiger partial charge >= 0.3 is 0 Å². The van der Waals surface area contributed by atoms with Gasteiger partial charge in [-0.15, -0.1) is 0 Å². The highest BCUT2D eigenvalue weighted by Gasteiger charge is 2.53. The lowest BCUT2D eigenvalue weighted by Gasteiger charge is -2.46. The van der Waals surface area contributed by atoms with E-state index < -0.39 is 5.41 Å². The lowest BCUT2D eigenvalue weighted by molar-refractivity contribution is 0.563. The number of rotatable bonds is 4. The lowest BCUT2D eigenvalue weighted by atomic mass is 9.55. The zero-order chi connectivity index (χ0) is 39.3. The Hall–Kier alpha value is -7.43. The van der Waals surface area contributed by atoms with Crippen LogP contribution < -0.4 is 0 Å². The first-order chi connectivity index (χ1) is 29.0. The molecule has 0 atom stereocenters. The Labute approximate surface area is 342 Å². The van der Waals surface area contributed by atoms with Crippen LogP contribution in [0.4, 0.5) is 0 Å². The van der Waals surface area contributed by atoms with Crippen molar-refractivity contribution in [3.8, 4) is 56.4 Å². The van der Waals surface area contributed by atoms with Gasteiger partial charge in [0.1, 0.15) is 11.2 Å². The minimum Gasteiger partial charge on any atom is -0.456 e. The van der Waals surface area contributed by atoms with Crippen LogP contribution in [-0.2, 0) is 10.8 Å². The van der Waals surface area contributed by atoms with E-state index >= 15 is 0 Å². The molecule has 2 aliphatic rings. The average molecular weight is 756 g/mol. The maximum Gasteiger partial charge on any atom is 0.164 e. The summed E-state index contributed by atoms with van der Waals surface area (Å²) in [6.45, 7) is 4.74. The van der Waals surface area contributed by atoms with Gasteiger partial charge in [-0.3, -0.25) is 0 Å². The first-order valence-electron chi connectivity index (χ1n) is 20.3. The summed E-state index contributed by atoms with van der Waals surface area (Å²) in [6, 6.07) is 67.3. The van der Waals surface area contributed by atoms with E-state index in [4.69, 9.17) is 19.4 Å². The van der Waals surface area contributed by atoms with Gasteiger partial charge in [0.05, 0.1) is 5.41 Å². The molecule has 4 heteroatoms. The van der Waals surface area contributed by atoms with Crippen molar-refractivity contribution in [1.29, 1.82) is 0 Å². The Kier molecular flexibility index (Phi) is 7.16. The number of hydrogen-bond donors (Lipinski definition) is 0. The first kappa shape index (κ1) is 33.7. The molecule has 12 rings (SSSR count). The summed E-state index contributed by atoms with van der Waals surface area (Å²) < 4.78 is 6.26. The van der Waals surface area contributed by atoms with E-state index in [1.54, 1.807) is 0 Å². The molecule has 0 fully saturated rings. The molecule has 0 bridgehead atoms. The normalized spacial score (nSPS) is 14.2. The van der Waals surface area contributed by atoms with Crippen LogP contribution in [0.2, 0.25) is 0 Å². The predicted molar refractivity (Wildman–Crippen MR) is 238 cm³/mol. The van der Waals surface area contributed by atoms with Crippen molar-refractivity contribution in [3.05, 3.63) is 221 Å². The van der Waals surface area contributed by atoms with Gasteiger partial charge in [-0.05, 0) is 73.8 Å². The number of nitrogens with zero attached hydrogens (tertiary/aromatic N) is 3. The summed E-state index contributed by atoms with van der Waals surface area (Å²) in [5.74, 6) is 1.84. The summed E-state index contributed by atoms with van der Waals surface area (Å²) in [5.41, 5.74) is 16.9. The van der Waals surface area contributed by atoms with Gasteiger partial charge in [-0.25, -0.2) is 15.0 Å². The van der Waals surface area contributed by atoms with E-state index in [2.05, 4.69) is 147 Å². The SMILES string of the molecule is CC1(C)c2ccccc2C2(c3ccccc3-c3c(-c4ccc(-c5nc(-c6ccccc6)nc(-c6ccc7c(c6)oc6ccccc67)n5)cc4)cccc32)c2ccccc21. The molecular weight excluding hydrogens is 719 g/mol. The van der Waals surface area contributed by atoms with Crippen LogP contribution in [0.1, 0.15) is 47.2 Å². The van der Waals surface area contributed by atoms with Crippen LogP contribution in [-0.4, -0.2) is 15.0 Å². The van der Waals surface area contributed by atoms with Gasteiger partial charge in [0.25, 0.3) is 0 Å². The molecule has 2 aliphatic carbocycles. The van der Waals surface area contributed by atoms with Crippen LogP contribution in [0, 0.1) is 0 Å². The number of para-hydroxylation sites is 1. The lowest BCUT2D eigenvalue weighted by Crippen LogP contribution is -2.40. The molecule has 1 spiro atoms. The highest BCUT2D eigenvalue weighted by molar-refractivity contribution is 6.05. The summed E-state index contributed by atoms with van der Waals surface area (Å²) >= 11 is 0. The molecule has 59 heavy (non-hydrogen) atoms. The van der Waals surface area contributed by atoms with Gasteiger partial charge in [0.2, 0.25) is 0 Å². The summed E-state index contributed by atoms with van der Waals surface area (Å²) in [6.07, 6.45) is 0. The van der Waals surface area contributed by atoms with Crippen molar-refractivity contribution in [2.75, 3.05) is 0 Å². The largest absolute Gasteiger partial charge is 0.456 e. The Balaban J connectivity index is 1.01. The fourth-order valence-electron chi connectivity index (χ4n) is 10.2. The number of furan rings is 1. The maximum absolute atomic E-state index is 6.26. The third-order valence-electron chi connectivity index (χ3n) is 12.8. The number of benzene rings is 8. The van der Waals surface area contributed by atoms with Crippen LogP contribution in [0.15, 0.2) is 192 Å². The smallest absolute Gasteiger partial charge is 0.164 e. The van der Waals surface area contributed by atoms with Crippen molar-refractivity contribution in [2.24, 2.45) is 0 Å². The molecule has 2 heterocycles. The Bertz CT molecular complexity index is 3260. The Morgan fingerprint density at radius 1 is 0.356 bits per heavy atom. The van der Waals surface area contributed by atoms with Crippen molar-refractivity contribution in [2.45, 2.75) is 24.7 Å². The molecule has 10 aromatic rings. The third kappa shape index (κ3) is 4.80. The maximum atomic E-state index is 6.26. The Morgan fingerprint density at radius 3 is 1.56 bits per heavy atom. The fourth-order valence-corrected chi connectivity index (χ4v) is 10.2. The molecule has 0 unspecified atom stereocenters. The fraction of sp³-hybridized carbons (Fsp3) is 0.0727. The first-order valence-corrected chi connectivity index (χ1v) is 20.3. The van der Waals surface area contributed by atoms with Gasteiger partial charge in [-0.2, -0.15) is 0 Å². The van der Waals surface area contributed by atoms with E-state index in [1.807, 2.05) is 54.6 Å². The molecule has 8 aromatic carbocycles. The van der Waals surface area contributed by atoms with Gasteiger partial charge < -0.3 is 4.42 Å². The Morgan fingerprint density at radius 2 is 0.847 bits per heavy atom. The zero-order valence-electron chi connectivity index (χ0n) is 32.6. The molecule has 0 saturated heterocycles. The quantitative estimate of drug-likeness (QED) is 0.179. The number of aromatic nitrogens is 3. The molecule has 0 amide bonds. The average Bonchev–Trinajstić information content (AvgIpc) is 3.82. The van der Waals surface area contributed by atoms with Crippen LogP contribution >= 0.6 is 0 Å². The standard InChI is InChI=1S/C55H37N3O/c1-54(2)43-21-9-11-23-45(43)55(46-24-12-10-22-44(46)54)42-20-8-6-18-41(42)50-38(19-14-25-47(50)55)34-27-29-36(30-28-34)52-56-51(35-15-4-3-5-16-35)57-53(58-52)37-31-32-40-39-17-7-13-26-48(39)59-49(40)33-37/h3-33H,1-2H3. The van der Waals surface area contributed by atoms with E-state index in [1.165, 1.54) is 50.1 Å². The summed E-state index contributed by atoms with van der Waals surface area (Å²) in [5, 5.41) is 2.16. The molecule has 0 saturated carbocycles. The molecule has 0 N–H and O–H groups in total. The molecule has 4 nitrogen and oxygen atoms in total. The van der Waals surface area contributed by atoms with Gasteiger partial charge in [-0.1, -0.05) is 184 Å². The van der Waals surface area contributed by atoms with E-state index in [-0.39, 0.29) is 5.41 Å². The highest BCUT2D eigenvalue weighted by atomic mass is 16.3. The molecule has 0 radical (unpaired) electrons. The van der Waals surface area contributed by atoms with E-state index in [0.29, 0.717) is 17.5 Å². The van der Waals surface area contributed by atoms with Crippen molar-refractivity contribution >= 4 is 21.9 Å². The van der Waals surface area contributed by atoms with Crippen molar-refractivity contribution < 1.29 is 4.42 Å². The molecule has 2 aromatic heterocycles. The summed E-state index contributed by atoms with van der Waals surface area (Å²) in [4.78, 5) is 15.2. The van der Waals surface area contributed by atoms with E-state index in [0.717, 1.165) is 44.2 Å². The molecule has 0 aliphatic heterocycles. The highest BCUT2D eigenvalue weighted by Crippen LogP contribution is 2.63. The van der Waals surface area contributed by atoms with Crippen molar-refractivity contribution in [3.63, 3.8) is 0 Å². The third-order valence-corrected chi connectivity index (χ3v) is 12.8. The van der Waals surface area contributed by atoms with Crippen LogP contribution in [0.3, 0.4) is 0 Å². The van der Waals surface area contributed by atoms with Gasteiger partial charge in [0, 0.05) is 32.9 Å². The van der Waals surface area contributed by atoms with Crippen LogP contribution in [0.5, 0.6) is 0 Å². The number of fused-ring (bicyclic) bond motifs is 12. The minimum atomic E-state index is -0.439. The molecule has 278 valence electrons. The number of hydrogen-bond acceptors (Lipinski definition) is 4. The predicted octanol–water partition coefficient (Wildman–Crippen LogP) is 13.4. The monoisotopic (exact) mass is 755 g/mol. The second-order valence-corrected chi connectivity index (χ2v) is 16.3. The second-order valence-electron chi connectivity index (χ2n) is 16.3. The minimum absolute atomic E-state index is 0.140. The van der Waals surface area contributed by atoms with Crippen LogP contribution in [0.25, 0.3) is 78.4 Å². The van der Waals surface area contributed by atoms with Gasteiger partial charge in [0.15, 0.2) is 17.5 Å². The summed E-state index contributed by atoms with van der Waals surface area (Å²) in [7, 11) is 0. The van der Waals surface area contributed by atoms with Crippen molar-refractivity contribution in [1.82, 2.24) is 15.0 Å². The second kappa shape index (κ2) is 12.5. The topological polar surface area (TPSA) is 51.8 Å². The molecular formula is C55H37N3O. The zero-order valence-corrected chi connectivity index (χ0v) is 32.6.